The van der Waals surface area contributed by atoms with Crippen molar-refractivity contribution in [2.75, 3.05) is 11.7 Å². The number of fused-ring (bicyclic) bond motifs is 5. The number of anilines is 1. The van der Waals surface area contributed by atoms with Gasteiger partial charge in [-0.05, 0) is 32.4 Å². The molecule has 0 amide bonds. The van der Waals surface area contributed by atoms with Gasteiger partial charge in [-0.2, -0.15) is 0 Å². The minimum Gasteiger partial charge on any atom is -0.273 e. The summed E-state index contributed by atoms with van der Waals surface area (Å²) >= 11 is 0. The summed E-state index contributed by atoms with van der Waals surface area (Å²) in [5.74, 6) is 0. The van der Waals surface area contributed by atoms with Gasteiger partial charge in [0.25, 0.3) is 0 Å². The SMILES string of the molecule is CCON1Cc2ccccc2-c2nnn(C(C)C)c2-c2ccccc21. The molecule has 1 aliphatic heterocycles. The highest BCUT2D eigenvalue weighted by molar-refractivity contribution is 5.87. The molecule has 0 bridgehead atoms. The third-order valence-electron chi connectivity index (χ3n) is 4.48. The van der Waals surface area contributed by atoms with Crippen LogP contribution in [0.2, 0.25) is 0 Å². The molecule has 0 aliphatic carbocycles. The first kappa shape index (κ1) is 15.8. The third kappa shape index (κ3) is 2.61. The fraction of sp³-hybridized carbons (Fsp3) is 0.300. The molecular weight excluding hydrogens is 312 g/mol. The summed E-state index contributed by atoms with van der Waals surface area (Å²) in [7, 11) is 0. The van der Waals surface area contributed by atoms with Crippen LogP contribution in [-0.2, 0) is 11.4 Å². The van der Waals surface area contributed by atoms with Crippen LogP contribution >= 0.6 is 0 Å². The van der Waals surface area contributed by atoms with E-state index in [1.54, 1.807) is 0 Å². The van der Waals surface area contributed by atoms with Crippen molar-refractivity contribution in [3.8, 4) is 22.5 Å². The number of hydrogen-bond acceptors (Lipinski definition) is 4. The number of hydroxylamine groups is 1. The average Bonchev–Trinajstić information content (AvgIpc) is 3.05. The Balaban J connectivity index is 2.06. The van der Waals surface area contributed by atoms with Gasteiger partial charge in [-0.3, -0.25) is 4.84 Å². The molecule has 0 radical (unpaired) electrons. The smallest absolute Gasteiger partial charge is 0.121 e. The molecule has 0 spiro atoms. The van der Waals surface area contributed by atoms with Crippen molar-refractivity contribution in [1.29, 1.82) is 0 Å². The molecule has 2 heterocycles. The van der Waals surface area contributed by atoms with Gasteiger partial charge in [0, 0.05) is 17.2 Å². The molecule has 0 fully saturated rings. The molecule has 0 saturated carbocycles. The van der Waals surface area contributed by atoms with Crippen LogP contribution in [-0.4, -0.2) is 21.6 Å². The first-order valence-electron chi connectivity index (χ1n) is 8.74. The molecule has 5 heteroatoms. The lowest BCUT2D eigenvalue weighted by molar-refractivity contribution is 0.116. The summed E-state index contributed by atoms with van der Waals surface area (Å²) < 4.78 is 2.00. The van der Waals surface area contributed by atoms with E-state index in [1.165, 1.54) is 5.56 Å². The number of nitrogens with zero attached hydrogens (tertiary/aromatic N) is 4. The van der Waals surface area contributed by atoms with Crippen LogP contribution in [0.3, 0.4) is 0 Å². The summed E-state index contributed by atoms with van der Waals surface area (Å²) in [5, 5.41) is 11.0. The van der Waals surface area contributed by atoms with Crippen molar-refractivity contribution in [3.05, 3.63) is 54.1 Å². The van der Waals surface area contributed by atoms with Crippen molar-refractivity contribution >= 4 is 5.69 Å². The molecule has 0 unspecified atom stereocenters. The lowest BCUT2D eigenvalue weighted by Gasteiger charge is -2.29. The molecule has 128 valence electrons. The van der Waals surface area contributed by atoms with Crippen LogP contribution < -0.4 is 5.06 Å². The van der Waals surface area contributed by atoms with E-state index in [1.807, 2.05) is 22.7 Å². The van der Waals surface area contributed by atoms with E-state index in [2.05, 4.69) is 66.6 Å². The lowest BCUT2D eigenvalue weighted by Crippen LogP contribution is -2.25. The van der Waals surface area contributed by atoms with Crippen LogP contribution in [0, 0.1) is 0 Å². The molecule has 0 saturated heterocycles. The molecule has 1 aliphatic rings. The van der Waals surface area contributed by atoms with Gasteiger partial charge in [0.2, 0.25) is 0 Å². The number of benzene rings is 2. The maximum atomic E-state index is 5.98. The normalized spacial score (nSPS) is 13.0. The van der Waals surface area contributed by atoms with Gasteiger partial charge in [0.15, 0.2) is 0 Å². The average molecular weight is 334 g/mol. The Morgan fingerprint density at radius 3 is 2.52 bits per heavy atom. The summed E-state index contributed by atoms with van der Waals surface area (Å²) in [4.78, 5) is 5.98. The Labute approximate surface area is 147 Å². The second-order valence-electron chi connectivity index (χ2n) is 6.45. The maximum Gasteiger partial charge on any atom is 0.121 e. The standard InChI is InChI=1S/C20H22N4O/c1-4-25-23-13-15-9-5-6-10-16(15)19-20(24(14(2)3)22-21-19)17-11-7-8-12-18(17)23/h5-12,14H,4,13H2,1-3H3. The molecule has 2 aromatic carbocycles. The van der Waals surface area contributed by atoms with Crippen LogP contribution in [0.4, 0.5) is 5.69 Å². The van der Waals surface area contributed by atoms with Crippen LogP contribution in [0.5, 0.6) is 0 Å². The minimum absolute atomic E-state index is 0.219. The van der Waals surface area contributed by atoms with E-state index in [4.69, 9.17) is 4.84 Å². The Hall–Kier alpha value is -2.66. The predicted octanol–water partition coefficient (Wildman–Crippen LogP) is 4.46. The molecule has 4 rings (SSSR count). The van der Waals surface area contributed by atoms with Crippen molar-refractivity contribution in [2.45, 2.75) is 33.4 Å². The first-order chi connectivity index (χ1) is 12.2. The van der Waals surface area contributed by atoms with Gasteiger partial charge in [-0.1, -0.05) is 47.7 Å². The summed E-state index contributed by atoms with van der Waals surface area (Å²) in [6.07, 6.45) is 0. The van der Waals surface area contributed by atoms with Crippen LogP contribution in [0.15, 0.2) is 48.5 Å². The Kier molecular flexibility index (Phi) is 4.01. The molecule has 0 atom stereocenters. The zero-order valence-corrected chi connectivity index (χ0v) is 14.8. The molecular formula is C20H22N4O. The van der Waals surface area contributed by atoms with Gasteiger partial charge < -0.3 is 0 Å². The molecule has 0 N–H and O–H groups in total. The molecule has 25 heavy (non-hydrogen) atoms. The number of para-hydroxylation sites is 1. The zero-order valence-electron chi connectivity index (χ0n) is 14.8. The van der Waals surface area contributed by atoms with Crippen molar-refractivity contribution < 1.29 is 4.84 Å². The first-order valence-corrected chi connectivity index (χ1v) is 8.74. The van der Waals surface area contributed by atoms with E-state index >= 15 is 0 Å². The van der Waals surface area contributed by atoms with Gasteiger partial charge in [0.1, 0.15) is 5.69 Å². The third-order valence-corrected chi connectivity index (χ3v) is 4.48. The maximum absolute atomic E-state index is 5.98. The van der Waals surface area contributed by atoms with Gasteiger partial charge in [-0.25, -0.2) is 9.75 Å². The topological polar surface area (TPSA) is 43.2 Å². The van der Waals surface area contributed by atoms with E-state index in [0.29, 0.717) is 13.2 Å². The summed E-state index contributed by atoms with van der Waals surface area (Å²) in [5.41, 5.74) is 6.42. The Bertz CT molecular complexity index is 900. The number of hydrogen-bond donors (Lipinski definition) is 0. The molecule has 5 nitrogen and oxygen atoms in total. The van der Waals surface area contributed by atoms with Crippen molar-refractivity contribution in [2.24, 2.45) is 0 Å². The van der Waals surface area contributed by atoms with Gasteiger partial charge in [-0.15, -0.1) is 5.10 Å². The fourth-order valence-corrected chi connectivity index (χ4v) is 3.38. The highest BCUT2D eigenvalue weighted by Gasteiger charge is 2.27. The fourth-order valence-electron chi connectivity index (χ4n) is 3.38. The summed E-state index contributed by atoms with van der Waals surface area (Å²) in [6, 6.07) is 16.9. The highest BCUT2D eigenvalue weighted by Crippen LogP contribution is 2.41. The lowest BCUT2D eigenvalue weighted by atomic mass is 9.96. The monoisotopic (exact) mass is 334 g/mol. The number of aromatic nitrogens is 3. The molecule has 3 aromatic rings. The van der Waals surface area contributed by atoms with E-state index in [9.17, 15) is 0 Å². The quantitative estimate of drug-likeness (QED) is 0.709. The van der Waals surface area contributed by atoms with E-state index < -0.39 is 0 Å². The minimum atomic E-state index is 0.219. The molecule has 1 aromatic heterocycles. The Morgan fingerprint density at radius 2 is 1.76 bits per heavy atom. The predicted molar refractivity (Wildman–Crippen MR) is 99.1 cm³/mol. The van der Waals surface area contributed by atoms with E-state index in [-0.39, 0.29) is 6.04 Å². The number of rotatable bonds is 3. The zero-order chi connectivity index (χ0) is 17.4. The van der Waals surface area contributed by atoms with Crippen LogP contribution in [0.25, 0.3) is 22.5 Å². The van der Waals surface area contributed by atoms with Gasteiger partial charge >= 0.3 is 0 Å². The van der Waals surface area contributed by atoms with Crippen molar-refractivity contribution in [1.82, 2.24) is 15.0 Å². The highest BCUT2D eigenvalue weighted by atomic mass is 16.7. The van der Waals surface area contributed by atoms with Gasteiger partial charge in [0.05, 0.1) is 24.5 Å². The summed E-state index contributed by atoms with van der Waals surface area (Å²) in [6.45, 7) is 7.56. The van der Waals surface area contributed by atoms with Crippen LogP contribution in [0.1, 0.15) is 32.4 Å². The largest absolute Gasteiger partial charge is 0.273 e. The van der Waals surface area contributed by atoms with E-state index in [0.717, 1.165) is 28.2 Å². The second-order valence-corrected chi connectivity index (χ2v) is 6.45. The Morgan fingerprint density at radius 1 is 1.04 bits per heavy atom. The second kappa shape index (κ2) is 6.33. The van der Waals surface area contributed by atoms with Crippen molar-refractivity contribution in [3.63, 3.8) is 0 Å².